The molecule has 156 valence electrons. The molecule has 0 bridgehead atoms. The quantitative estimate of drug-likeness (QED) is 0.803. The fourth-order valence-corrected chi connectivity index (χ4v) is 3.97. The second-order valence-electron chi connectivity index (χ2n) is 7.67. The second-order valence-corrected chi connectivity index (χ2v) is 7.67. The Morgan fingerprint density at radius 2 is 2.10 bits per heavy atom. The lowest BCUT2D eigenvalue weighted by atomic mass is 9.97. The van der Waals surface area contributed by atoms with Gasteiger partial charge in [0.15, 0.2) is 17.3 Å². The lowest BCUT2D eigenvalue weighted by Gasteiger charge is -2.36. The van der Waals surface area contributed by atoms with Gasteiger partial charge in [-0.25, -0.2) is 4.39 Å². The normalized spacial score (nSPS) is 20.6. The third-order valence-corrected chi connectivity index (χ3v) is 5.50. The summed E-state index contributed by atoms with van der Waals surface area (Å²) in [4.78, 5) is 17.2. The van der Waals surface area contributed by atoms with Gasteiger partial charge in [0.1, 0.15) is 6.61 Å². The number of ether oxygens (including phenoxy) is 2. The number of carbonyl (C=O) groups is 1. The van der Waals surface area contributed by atoms with E-state index in [2.05, 4.69) is 15.1 Å². The van der Waals surface area contributed by atoms with Crippen molar-refractivity contribution in [3.63, 3.8) is 0 Å². The van der Waals surface area contributed by atoms with Crippen LogP contribution < -0.4 is 4.74 Å². The fourth-order valence-electron chi connectivity index (χ4n) is 3.97. The number of amides is 1. The number of hydrogen-bond acceptors (Lipinski definition) is 5. The number of benzene rings is 1. The molecule has 1 atom stereocenters. The second kappa shape index (κ2) is 9.37. The highest BCUT2D eigenvalue weighted by atomic mass is 19.1. The van der Waals surface area contributed by atoms with Crippen LogP contribution in [0.15, 0.2) is 30.3 Å². The molecule has 0 radical (unpaired) electrons. The van der Waals surface area contributed by atoms with E-state index < -0.39 is 5.82 Å². The molecule has 3 heterocycles. The highest BCUT2D eigenvalue weighted by Gasteiger charge is 2.27. The molecule has 1 aromatic heterocycles. The Kier molecular flexibility index (Phi) is 6.41. The summed E-state index contributed by atoms with van der Waals surface area (Å²) in [5.74, 6) is 0.179. The van der Waals surface area contributed by atoms with Gasteiger partial charge in [0.25, 0.3) is 5.91 Å². The van der Waals surface area contributed by atoms with E-state index in [0.717, 1.165) is 58.8 Å². The summed E-state index contributed by atoms with van der Waals surface area (Å²) in [6, 6.07) is 7.93. The van der Waals surface area contributed by atoms with Gasteiger partial charge in [-0.1, -0.05) is 12.1 Å². The van der Waals surface area contributed by atoms with E-state index in [1.54, 1.807) is 24.3 Å². The fraction of sp³-hybridized carbons (Fsp3) is 0.524. The SMILES string of the molecule is O=C(c1cc(COc2ccccc2F)[nH]n1)N1CCCC(CN2CCOCC2)C1. The van der Waals surface area contributed by atoms with Gasteiger partial charge in [-0.2, -0.15) is 5.10 Å². The van der Waals surface area contributed by atoms with Crippen LogP contribution in [0, 0.1) is 11.7 Å². The minimum Gasteiger partial charge on any atom is -0.484 e. The van der Waals surface area contributed by atoms with Crippen LogP contribution in [0.3, 0.4) is 0 Å². The third kappa shape index (κ3) is 5.13. The maximum Gasteiger partial charge on any atom is 0.274 e. The number of morpholine rings is 1. The van der Waals surface area contributed by atoms with Gasteiger partial charge in [-0.15, -0.1) is 0 Å². The van der Waals surface area contributed by atoms with E-state index in [1.165, 1.54) is 6.07 Å². The number of likely N-dealkylation sites (tertiary alicyclic amines) is 1. The lowest BCUT2D eigenvalue weighted by molar-refractivity contribution is 0.0223. The molecule has 1 unspecified atom stereocenters. The Bertz CT molecular complexity index is 822. The van der Waals surface area contributed by atoms with Gasteiger partial charge in [0, 0.05) is 32.7 Å². The summed E-state index contributed by atoms with van der Waals surface area (Å²) in [5.41, 5.74) is 1.02. The van der Waals surface area contributed by atoms with E-state index in [4.69, 9.17) is 9.47 Å². The van der Waals surface area contributed by atoms with Crippen LogP contribution in [0.25, 0.3) is 0 Å². The van der Waals surface area contributed by atoms with Gasteiger partial charge in [0.2, 0.25) is 0 Å². The van der Waals surface area contributed by atoms with Gasteiger partial charge in [-0.3, -0.25) is 14.8 Å². The van der Waals surface area contributed by atoms with Crippen molar-refractivity contribution >= 4 is 5.91 Å². The number of aromatic amines is 1. The van der Waals surface area contributed by atoms with E-state index in [9.17, 15) is 9.18 Å². The number of halogens is 1. The lowest BCUT2D eigenvalue weighted by Crippen LogP contribution is -2.46. The Balaban J connectivity index is 1.31. The van der Waals surface area contributed by atoms with E-state index in [1.807, 2.05) is 4.90 Å². The maximum absolute atomic E-state index is 13.7. The standard InChI is InChI=1S/C21H27FN4O3/c22-18-5-1-2-6-20(18)29-15-17-12-19(24-23-17)21(27)26-7-3-4-16(14-26)13-25-8-10-28-11-9-25/h1-2,5-6,12,16H,3-4,7-11,13-15H2,(H,23,24). The average Bonchev–Trinajstić information content (AvgIpc) is 3.23. The summed E-state index contributed by atoms with van der Waals surface area (Å²) in [7, 11) is 0. The third-order valence-electron chi connectivity index (χ3n) is 5.50. The number of carbonyl (C=O) groups excluding carboxylic acids is 1. The minimum absolute atomic E-state index is 0.0648. The zero-order valence-corrected chi connectivity index (χ0v) is 16.5. The molecule has 2 aromatic rings. The van der Waals surface area contributed by atoms with Gasteiger partial charge in [-0.05, 0) is 37.0 Å². The largest absolute Gasteiger partial charge is 0.484 e. The van der Waals surface area contributed by atoms with E-state index in [0.29, 0.717) is 17.3 Å². The number of nitrogens with zero attached hydrogens (tertiary/aromatic N) is 3. The summed E-state index contributed by atoms with van der Waals surface area (Å²) in [6.45, 7) is 6.16. The van der Waals surface area contributed by atoms with Crippen LogP contribution in [0.1, 0.15) is 29.0 Å². The Morgan fingerprint density at radius 1 is 1.28 bits per heavy atom. The molecule has 8 heteroatoms. The molecule has 29 heavy (non-hydrogen) atoms. The summed E-state index contributed by atoms with van der Waals surface area (Å²) < 4.78 is 24.5. The van der Waals surface area contributed by atoms with Crippen molar-refractivity contribution in [2.45, 2.75) is 19.4 Å². The molecule has 1 aromatic carbocycles. The van der Waals surface area contributed by atoms with E-state index in [-0.39, 0.29) is 18.3 Å². The molecule has 1 amide bonds. The van der Waals surface area contributed by atoms with Crippen molar-refractivity contribution < 1.29 is 18.7 Å². The molecule has 1 N–H and O–H groups in total. The van der Waals surface area contributed by atoms with Gasteiger partial charge in [0.05, 0.1) is 18.9 Å². The molecular formula is C21H27FN4O3. The number of rotatable bonds is 6. The molecule has 2 aliphatic heterocycles. The first-order chi connectivity index (χ1) is 14.2. The monoisotopic (exact) mass is 402 g/mol. The molecule has 0 aliphatic carbocycles. The highest BCUT2D eigenvalue weighted by Crippen LogP contribution is 2.21. The van der Waals surface area contributed by atoms with Crippen LogP contribution in [0.4, 0.5) is 4.39 Å². The molecular weight excluding hydrogens is 375 g/mol. The average molecular weight is 402 g/mol. The highest BCUT2D eigenvalue weighted by molar-refractivity contribution is 5.92. The van der Waals surface area contributed by atoms with Crippen molar-refractivity contribution in [2.75, 3.05) is 45.9 Å². The summed E-state index contributed by atoms with van der Waals surface area (Å²) in [6.07, 6.45) is 2.15. The Morgan fingerprint density at radius 3 is 2.93 bits per heavy atom. The maximum atomic E-state index is 13.7. The first kappa shape index (κ1) is 19.8. The van der Waals surface area contributed by atoms with Crippen LogP contribution in [0.5, 0.6) is 5.75 Å². The van der Waals surface area contributed by atoms with Crippen LogP contribution in [0.2, 0.25) is 0 Å². The molecule has 4 rings (SSSR count). The van der Waals surface area contributed by atoms with Crippen molar-refractivity contribution in [1.29, 1.82) is 0 Å². The topological polar surface area (TPSA) is 70.7 Å². The number of H-pyrrole nitrogens is 1. The zero-order chi connectivity index (χ0) is 20.1. The number of piperidine rings is 1. The molecule has 0 spiro atoms. The number of hydrogen-bond donors (Lipinski definition) is 1. The van der Waals surface area contributed by atoms with E-state index >= 15 is 0 Å². The van der Waals surface area contributed by atoms with Crippen molar-refractivity contribution in [1.82, 2.24) is 20.0 Å². The summed E-state index contributed by atoms with van der Waals surface area (Å²) >= 11 is 0. The molecule has 7 nitrogen and oxygen atoms in total. The molecule has 0 saturated carbocycles. The molecule has 2 fully saturated rings. The first-order valence-electron chi connectivity index (χ1n) is 10.2. The molecule has 2 saturated heterocycles. The van der Waals surface area contributed by atoms with Crippen molar-refractivity contribution in [3.8, 4) is 5.75 Å². The number of nitrogens with one attached hydrogen (secondary N) is 1. The summed E-state index contributed by atoms with van der Waals surface area (Å²) in [5, 5.41) is 6.98. The Hall–Kier alpha value is -2.45. The van der Waals surface area contributed by atoms with Crippen molar-refractivity contribution in [2.24, 2.45) is 5.92 Å². The number of aromatic nitrogens is 2. The van der Waals surface area contributed by atoms with Crippen molar-refractivity contribution in [3.05, 3.63) is 47.5 Å². The Labute approximate surface area is 169 Å². The number of para-hydroxylation sites is 1. The predicted octanol–water partition coefficient (Wildman–Crippen LogP) is 2.31. The first-order valence-corrected chi connectivity index (χ1v) is 10.2. The van der Waals surface area contributed by atoms with Gasteiger partial charge >= 0.3 is 0 Å². The van der Waals surface area contributed by atoms with Crippen LogP contribution in [-0.2, 0) is 11.3 Å². The smallest absolute Gasteiger partial charge is 0.274 e. The van der Waals surface area contributed by atoms with Crippen LogP contribution in [-0.4, -0.2) is 71.8 Å². The van der Waals surface area contributed by atoms with Crippen LogP contribution >= 0.6 is 0 Å². The predicted molar refractivity (Wildman–Crippen MR) is 105 cm³/mol. The van der Waals surface area contributed by atoms with Gasteiger partial charge < -0.3 is 14.4 Å². The molecule has 2 aliphatic rings. The minimum atomic E-state index is -0.414. The zero-order valence-electron chi connectivity index (χ0n) is 16.5.